The lowest BCUT2D eigenvalue weighted by Crippen LogP contribution is -2.44. The minimum absolute atomic E-state index is 0.0926. The second-order valence-corrected chi connectivity index (χ2v) is 6.92. The summed E-state index contributed by atoms with van der Waals surface area (Å²) in [6, 6.07) is 9.91. The summed E-state index contributed by atoms with van der Waals surface area (Å²) < 4.78 is 9.35. The van der Waals surface area contributed by atoms with Crippen LogP contribution in [0.3, 0.4) is 0 Å². The van der Waals surface area contributed by atoms with E-state index in [0.717, 1.165) is 22.6 Å². The lowest BCUT2D eigenvalue weighted by atomic mass is 10.0. The Hall–Kier alpha value is -3.00. The van der Waals surface area contributed by atoms with Crippen LogP contribution in [0.2, 0.25) is 0 Å². The summed E-state index contributed by atoms with van der Waals surface area (Å²) in [5, 5.41) is 8.81. The van der Waals surface area contributed by atoms with Gasteiger partial charge in [0.05, 0.1) is 37.2 Å². The number of hydrogen-bond donors (Lipinski definition) is 0. The number of rotatable bonds is 5. The maximum absolute atomic E-state index is 13.0. The maximum Gasteiger partial charge on any atom is 0.225 e. The van der Waals surface area contributed by atoms with E-state index in [2.05, 4.69) is 17.0 Å². The minimum Gasteiger partial charge on any atom is -0.377 e. The van der Waals surface area contributed by atoms with Gasteiger partial charge in [0.2, 0.25) is 5.91 Å². The van der Waals surface area contributed by atoms with Crippen molar-refractivity contribution in [2.75, 3.05) is 19.8 Å². The van der Waals surface area contributed by atoms with Crippen LogP contribution < -0.4 is 0 Å². The number of aromatic nitrogens is 5. The molecular formula is C20H24N6O2. The van der Waals surface area contributed by atoms with Crippen molar-refractivity contribution >= 4 is 5.91 Å². The number of nitrogens with zero attached hydrogens (tertiary/aromatic N) is 6. The van der Waals surface area contributed by atoms with Crippen LogP contribution in [-0.2, 0) is 16.1 Å². The van der Waals surface area contributed by atoms with E-state index in [1.165, 1.54) is 6.33 Å². The fourth-order valence-corrected chi connectivity index (χ4v) is 3.80. The molecule has 28 heavy (non-hydrogen) atoms. The largest absolute Gasteiger partial charge is 0.377 e. The van der Waals surface area contributed by atoms with Crippen LogP contribution in [0.15, 0.2) is 43.0 Å². The molecular weight excluding hydrogens is 356 g/mol. The molecule has 146 valence electrons. The van der Waals surface area contributed by atoms with E-state index in [1.807, 2.05) is 46.8 Å². The monoisotopic (exact) mass is 380 g/mol. The smallest absolute Gasteiger partial charge is 0.225 e. The van der Waals surface area contributed by atoms with Crippen molar-refractivity contribution in [3.05, 3.63) is 59.9 Å². The molecule has 0 N–H and O–H groups in total. The highest BCUT2D eigenvalue weighted by molar-refractivity contribution is 5.77. The molecule has 8 nitrogen and oxygen atoms in total. The van der Waals surface area contributed by atoms with Gasteiger partial charge in [-0.25, -0.2) is 9.67 Å². The molecule has 2 aromatic heterocycles. The van der Waals surface area contributed by atoms with Gasteiger partial charge in [0, 0.05) is 24.2 Å². The van der Waals surface area contributed by atoms with Gasteiger partial charge in [0.1, 0.15) is 12.7 Å². The zero-order valence-electron chi connectivity index (χ0n) is 16.2. The average molecular weight is 380 g/mol. The number of ether oxygens (including phenoxy) is 1. The highest BCUT2D eigenvalue weighted by atomic mass is 16.5. The van der Waals surface area contributed by atoms with E-state index >= 15 is 0 Å². The third-order valence-corrected chi connectivity index (χ3v) is 5.15. The molecule has 3 aromatic rings. The van der Waals surface area contributed by atoms with Crippen LogP contribution in [-0.4, -0.2) is 55.1 Å². The van der Waals surface area contributed by atoms with Gasteiger partial charge in [-0.15, -0.1) is 0 Å². The summed E-state index contributed by atoms with van der Waals surface area (Å²) in [6.45, 7) is 6.18. The fraction of sp³-hybridized carbons (Fsp3) is 0.400. The fourth-order valence-electron chi connectivity index (χ4n) is 3.80. The zero-order chi connectivity index (χ0) is 19.5. The van der Waals surface area contributed by atoms with Gasteiger partial charge < -0.3 is 9.64 Å². The van der Waals surface area contributed by atoms with Crippen molar-refractivity contribution in [2.24, 2.45) is 0 Å². The first kappa shape index (κ1) is 18.4. The van der Waals surface area contributed by atoms with Gasteiger partial charge in [0.15, 0.2) is 0 Å². The number of carbonyl (C=O) groups excluding carboxylic acids is 1. The molecule has 0 bridgehead atoms. The molecule has 0 aliphatic carbocycles. The molecule has 1 amide bonds. The summed E-state index contributed by atoms with van der Waals surface area (Å²) in [5.41, 5.74) is 4.03. The highest BCUT2D eigenvalue weighted by Gasteiger charge is 2.32. The van der Waals surface area contributed by atoms with Crippen molar-refractivity contribution in [2.45, 2.75) is 32.9 Å². The van der Waals surface area contributed by atoms with Gasteiger partial charge in [0.25, 0.3) is 0 Å². The number of amides is 1. The summed E-state index contributed by atoms with van der Waals surface area (Å²) >= 11 is 0. The Balaban J connectivity index is 1.59. The second-order valence-electron chi connectivity index (χ2n) is 6.92. The van der Waals surface area contributed by atoms with E-state index in [9.17, 15) is 4.79 Å². The lowest BCUT2D eigenvalue weighted by molar-refractivity contribution is -0.140. The first-order valence-electron chi connectivity index (χ1n) is 9.46. The van der Waals surface area contributed by atoms with Gasteiger partial charge in [-0.05, 0) is 26.0 Å². The predicted molar refractivity (Wildman–Crippen MR) is 103 cm³/mol. The number of aryl methyl sites for hydroxylation is 2. The SMILES string of the molecule is Cc1nn(-c2ccccc2)c(C)c1[C@@H]1COCCN1C(=O)CCn1cncn1. The molecule has 1 aromatic carbocycles. The molecule has 8 heteroatoms. The van der Waals surface area contributed by atoms with Crippen molar-refractivity contribution < 1.29 is 9.53 Å². The quantitative estimate of drug-likeness (QED) is 0.677. The third-order valence-electron chi connectivity index (χ3n) is 5.15. The Morgan fingerprint density at radius 2 is 2.07 bits per heavy atom. The second kappa shape index (κ2) is 7.93. The van der Waals surface area contributed by atoms with Crippen LogP contribution in [0.5, 0.6) is 0 Å². The molecule has 0 radical (unpaired) electrons. The number of benzene rings is 1. The molecule has 4 rings (SSSR count). The lowest BCUT2D eigenvalue weighted by Gasteiger charge is -2.36. The maximum atomic E-state index is 13.0. The molecule has 3 heterocycles. The molecule has 1 atom stereocenters. The summed E-state index contributed by atoms with van der Waals surface area (Å²) in [7, 11) is 0. The molecule has 1 aliphatic heterocycles. The van der Waals surface area contributed by atoms with Crippen LogP contribution in [0.1, 0.15) is 29.4 Å². The Labute approximate surface area is 163 Å². The van der Waals surface area contributed by atoms with Gasteiger partial charge >= 0.3 is 0 Å². The first-order chi connectivity index (χ1) is 13.6. The zero-order valence-corrected chi connectivity index (χ0v) is 16.2. The van der Waals surface area contributed by atoms with Crippen LogP contribution in [0.25, 0.3) is 5.69 Å². The van der Waals surface area contributed by atoms with Crippen molar-refractivity contribution in [1.82, 2.24) is 29.4 Å². The Kier molecular flexibility index (Phi) is 5.21. The molecule has 1 fully saturated rings. The topological polar surface area (TPSA) is 78.1 Å². The van der Waals surface area contributed by atoms with Gasteiger partial charge in [-0.3, -0.25) is 9.48 Å². The van der Waals surface area contributed by atoms with E-state index < -0.39 is 0 Å². The van der Waals surface area contributed by atoms with Crippen LogP contribution in [0.4, 0.5) is 0 Å². The number of morpholine rings is 1. The van der Waals surface area contributed by atoms with Crippen molar-refractivity contribution in [3.8, 4) is 5.69 Å². The Morgan fingerprint density at radius 3 is 2.82 bits per heavy atom. The summed E-state index contributed by atoms with van der Waals surface area (Å²) in [5.74, 6) is 0.0926. The highest BCUT2D eigenvalue weighted by Crippen LogP contribution is 2.31. The van der Waals surface area contributed by atoms with E-state index in [-0.39, 0.29) is 11.9 Å². The van der Waals surface area contributed by atoms with Gasteiger partial charge in [-0.1, -0.05) is 18.2 Å². The van der Waals surface area contributed by atoms with E-state index in [4.69, 9.17) is 9.84 Å². The Morgan fingerprint density at radius 1 is 1.25 bits per heavy atom. The normalized spacial score (nSPS) is 17.1. The van der Waals surface area contributed by atoms with Crippen LogP contribution >= 0.6 is 0 Å². The van der Waals surface area contributed by atoms with E-state index in [1.54, 1.807) is 11.0 Å². The number of carbonyl (C=O) groups is 1. The van der Waals surface area contributed by atoms with Gasteiger partial charge in [-0.2, -0.15) is 10.2 Å². The number of para-hydroxylation sites is 1. The van der Waals surface area contributed by atoms with Crippen LogP contribution in [0, 0.1) is 13.8 Å². The van der Waals surface area contributed by atoms with Crippen molar-refractivity contribution in [1.29, 1.82) is 0 Å². The molecule has 1 aliphatic rings. The third kappa shape index (κ3) is 3.55. The first-order valence-corrected chi connectivity index (χ1v) is 9.46. The molecule has 1 saturated heterocycles. The average Bonchev–Trinajstić information content (AvgIpc) is 3.34. The minimum atomic E-state index is -0.130. The van der Waals surface area contributed by atoms with E-state index in [0.29, 0.717) is 32.7 Å². The van der Waals surface area contributed by atoms with Crippen molar-refractivity contribution in [3.63, 3.8) is 0 Å². The molecule has 0 spiro atoms. The number of hydrogen-bond acceptors (Lipinski definition) is 5. The predicted octanol–water partition coefficient (Wildman–Crippen LogP) is 2.07. The standard InChI is InChI=1S/C20H24N6O2/c1-15-20(16(2)26(23-15)17-6-4-3-5-7-17)18-12-28-11-10-25(18)19(27)8-9-24-14-21-13-22-24/h3-7,13-14,18H,8-12H2,1-2H3/t18-/m0/s1. The summed E-state index contributed by atoms with van der Waals surface area (Å²) in [6.07, 6.45) is 3.49. The Bertz CT molecular complexity index is 935. The summed E-state index contributed by atoms with van der Waals surface area (Å²) in [4.78, 5) is 18.8. The molecule has 0 saturated carbocycles. The molecule has 0 unspecified atom stereocenters.